The molecule has 11 heavy (non-hydrogen) atoms. The molecule has 0 fully saturated rings. The van der Waals surface area contributed by atoms with Gasteiger partial charge in [-0.15, -0.1) is 10.2 Å². The van der Waals surface area contributed by atoms with Crippen LogP contribution in [0.25, 0.3) is 0 Å². The van der Waals surface area contributed by atoms with E-state index in [2.05, 4.69) is 76.2 Å². The largest absolute Gasteiger partial charge is 0.177 e. The number of rotatable bonds is 0. The van der Waals surface area contributed by atoms with E-state index >= 15 is 0 Å². The molecule has 0 saturated heterocycles. The molecule has 1 aromatic heterocycles. The Hall–Kier alpha value is 0.600. The average molecular weight is 377 g/mol. The minimum absolute atomic E-state index is 0.0106. The van der Waals surface area contributed by atoms with Gasteiger partial charge < -0.3 is 0 Å². The van der Waals surface area contributed by atoms with Crippen LogP contribution in [0.15, 0.2) is 0 Å². The second kappa shape index (κ2) is 3.15. The summed E-state index contributed by atoms with van der Waals surface area (Å²) in [6.45, 7) is 6.25. The lowest BCUT2D eigenvalue weighted by Gasteiger charge is -2.16. The second-order valence-corrected chi connectivity index (χ2v) is 5.29. The summed E-state index contributed by atoms with van der Waals surface area (Å²) in [5.74, 6) is 0. The first-order valence-electron chi connectivity index (χ1n) is 3.20. The van der Waals surface area contributed by atoms with E-state index in [4.69, 9.17) is 0 Å². The lowest BCUT2D eigenvalue weighted by atomic mass is 10.1. The van der Waals surface area contributed by atoms with Crippen molar-refractivity contribution >= 4 is 45.2 Å². The molecule has 0 N–H and O–H groups in total. The first-order chi connectivity index (χ1) is 4.91. The minimum Gasteiger partial charge on any atom is -0.177 e. The Morgan fingerprint density at radius 2 is 1.45 bits per heavy atom. The maximum Gasteiger partial charge on any atom is 0.157 e. The van der Waals surface area contributed by atoms with Gasteiger partial charge in [-0.25, -0.2) is 0 Å². The van der Waals surface area contributed by atoms with E-state index in [1.807, 2.05) is 0 Å². The summed E-state index contributed by atoms with van der Waals surface area (Å²) >= 11 is 4.37. The normalized spacial score (nSPS) is 12.1. The highest BCUT2D eigenvalue weighted by Gasteiger charge is 2.17. The van der Waals surface area contributed by atoms with Crippen molar-refractivity contribution in [2.75, 3.05) is 0 Å². The average Bonchev–Trinajstić information content (AvgIpc) is 2.11. The van der Waals surface area contributed by atoms with Gasteiger partial charge in [-0.3, -0.25) is 0 Å². The molecule has 1 rings (SSSR count). The molecule has 5 heteroatoms. The molecule has 0 aromatic carbocycles. The number of hydrogen-bond acceptors (Lipinski definition) is 2. The molecule has 62 valence electrons. The van der Waals surface area contributed by atoms with E-state index in [0.29, 0.717) is 0 Å². The van der Waals surface area contributed by atoms with Gasteiger partial charge >= 0.3 is 0 Å². The molecular formula is C6H9I2N3. The molecule has 0 radical (unpaired) electrons. The Morgan fingerprint density at radius 3 is 1.64 bits per heavy atom. The third kappa shape index (κ3) is 2.27. The van der Waals surface area contributed by atoms with Gasteiger partial charge in [0.1, 0.15) is 0 Å². The van der Waals surface area contributed by atoms with Crippen LogP contribution >= 0.6 is 45.2 Å². The summed E-state index contributed by atoms with van der Waals surface area (Å²) in [6.07, 6.45) is 0. The summed E-state index contributed by atoms with van der Waals surface area (Å²) in [5, 5.41) is 8.53. The SMILES string of the molecule is CC(C)(C)n1nc(I)c(I)n1. The summed E-state index contributed by atoms with van der Waals surface area (Å²) < 4.78 is 1.94. The summed E-state index contributed by atoms with van der Waals surface area (Å²) in [4.78, 5) is 1.75. The van der Waals surface area contributed by atoms with Gasteiger partial charge in [0.25, 0.3) is 0 Å². The van der Waals surface area contributed by atoms with Crippen LogP contribution in [0.3, 0.4) is 0 Å². The molecule has 0 aliphatic heterocycles. The Morgan fingerprint density at radius 1 is 1.09 bits per heavy atom. The van der Waals surface area contributed by atoms with E-state index in [1.165, 1.54) is 0 Å². The topological polar surface area (TPSA) is 30.7 Å². The number of aromatic nitrogens is 3. The fourth-order valence-corrected chi connectivity index (χ4v) is 1.20. The number of hydrogen-bond donors (Lipinski definition) is 0. The van der Waals surface area contributed by atoms with Crippen LogP contribution < -0.4 is 0 Å². The second-order valence-electron chi connectivity index (χ2n) is 3.24. The van der Waals surface area contributed by atoms with Crippen LogP contribution in [-0.2, 0) is 5.54 Å². The zero-order valence-corrected chi connectivity index (χ0v) is 10.9. The van der Waals surface area contributed by atoms with Crippen LogP contribution in [0.1, 0.15) is 20.8 Å². The van der Waals surface area contributed by atoms with Crippen molar-refractivity contribution in [1.29, 1.82) is 0 Å². The van der Waals surface area contributed by atoms with Gasteiger partial charge in [0, 0.05) is 0 Å². The highest BCUT2D eigenvalue weighted by Crippen LogP contribution is 2.15. The van der Waals surface area contributed by atoms with E-state index < -0.39 is 0 Å². The lowest BCUT2D eigenvalue weighted by molar-refractivity contribution is 0.310. The third-order valence-electron chi connectivity index (χ3n) is 1.14. The van der Waals surface area contributed by atoms with E-state index in [-0.39, 0.29) is 5.54 Å². The monoisotopic (exact) mass is 377 g/mol. The zero-order chi connectivity index (χ0) is 8.65. The smallest absolute Gasteiger partial charge is 0.157 e. The van der Waals surface area contributed by atoms with Crippen molar-refractivity contribution < 1.29 is 0 Å². The molecule has 0 amide bonds. The molecule has 0 bridgehead atoms. The maximum atomic E-state index is 4.27. The van der Waals surface area contributed by atoms with E-state index in [9.17, 15) is 0 Å². The minimum atomic E-state index is -0.0106. The predicted octanol–water partition coefficient (Wildman–Crippen LogP) is 2.24. The highest BCUT2D eigenvalue weighted by atomic mass is 127. The Labute approximate surface area is 93.2 Å². The molecule has 0 atom stereocenters. The van der Waals surface area contributed by atoms with Crippen molar-refractivity contribution in [2.45, 2.75) is 26.3 Å². The fraction of sp³-hybridized carbons (Fsp3) is 0.667. The molecule has 1 heterocycles. The van der Waals surface area contributed by atoms with Crippen molar-refractivity contribution in [3.05, 3.63) is 7.40 Å². The first-order valence-corrected chi connectivity index (χ1v) is 5.36. The quantitative estimate of drug-likeness (QED) is 0.650. The molecule has 0 unspecified atom stereocenters. The Balaban J connectivity index is 3.08. The Bertz CT molecular complexity index is 242. The lowest BCUT2D eigenvalue weighted by Crippen LogP contribution is -2.24. The van der Waals surface area contributed by atoms with Crippen molar-refractivity contribution in [1.82, 2.24) is 15.0 Å². The van der Waals surface area contributed by atoms with Crippen LogP contribution in [0.4, 0.5) is 0 Å². The van der Waals surface area contributed by atoms with Gasteiger partial charge in [0.05, 0.1) is 5.54 Å². The molecule has 0 aliphatic rings. The molecule has 0 spiro atoms. The standard InChI is InChI=1S/C6H9I2N3/c1-6(2,3)11-9-4(7)5(8)10-11/h1-3H3. The van der Waals surface area contributed by atoms with Crippen LogP contribution in [0.5, 0.6) is 0 Å². The molecule has 0 saturated carbocycles. The summed E-state index contributed by atoms with van der Waals surface area (Å²) in [6, 6.07) is 0. The third-order valence-corrected chi connectivity index (χ3v) is 3.62. The van der Waals surface area contributed by atoms with Crippen LogP contribution in [-0.4, -0.2) is 15.0 Å². The predicted molar refractivity (Wildman–Crippen MR) is 60.5 cm³/mol. The van der Waals surface area contributed by atoms with E-state index in [1.54, 1.807) is 4.80 Å². The maximum absolute atomic E-state index is 4.27. The number of halogens is 2. The Kier molecular flexibility index (Phi) is 2.78. The summed E-state index contributed by atoms with van der Waals surface area (Å²) in [7, 11) is 0. The van der Waals surface area contributed by atoms with Gasteiger partial charge in [0.15, 0.2) is 7.40 Å². The van der Waals surface area contributed by atoms with Crippen molar-refractivity contribution in [3.8, 4) is 0 Å². The first kappa shape index (κ1) is 9.69. The molecule has 0 aliphatic carbocycles. The molecule has 1 aromatic rings. The van der Waals surface area contributed by atoms with Gasteiger partial charge in [0.2, 0.25) is 0 Å². The molecular weight excluding hydrogens is 368 g/mol. The molecule has 3 nitrogen and oxygen atoms in total. The summed E-state index contributed by atoms with van der Waals surface area (Å²) in [5.41, 5.74) is -0.0106. The zero-order valence-electron chi connectivity index (χ0n) is 6.60. The van der Waals surface area contributed by atoms with Crippen molar-refractivity contribution in [2.24, 2.45) is 0 Å². The van der Waals surface area contributed by atoms with Crippen LogP contribution in [0, 0.1) is 7.40 Å². The fourth-order valence-electron chi connectivity index (χ4n) is 0.571. The number of nitrogens with zero attached hydrogens (tertiary/aromatic N) is 3. The van der Waals surface area contributed by atoms with Gasteiger partial charge in [-0.1, -0.05) is 0 Å². The van der Waals surface area contributed by atoms with Gasteiger partial charge in [-0.05, 0) is 66.0 Å². The van der Waals surface area contributed by atoms with Crippen LogP contribution in [0.2, 0.25) is 0 Å². The van der Waals surface area contributed by atoms with E-state index in [0.717, 1.165) is 7.40 Å². The van der Waals surface area contributed by atoms with Gasteiger partial charge in [-0.2, -0.15) is 4.80 Å². The van der Waals surface area contributed by atoms with Crippen molar-refractivity contribution in [3.63, 3.8) is 0 Å². The highest BCUT2D eigenvalue weighted by molar-refractivity contribution is 14.1.